The van der Waals surface area contributed by atoms with E-state index in [0.29, 0.717) is 17.9 Å². The van der Waals surface area contributed by atoms with Gasteiger partial charge in [-0.25, -0.2) is 0 Å². The first-order valence-electron chi connectivity index (χ1n) is 5.68. The molecule has 0 spiro atoms. The highest BCUT2D eigenvalue weighted by molar-refractivity contribution is 7.07. The number of nitrogens with zero attached hydrogens (tertiary/aromatic N) is 1. The molecule has 0 saturated carbocycles. The maximum atomic E-state index is 10.7. The van der Waals surface area contributed by atoms with Gasteiger partial charge in [-0.1, -0.05) is 0 Å². The lowest BCUT2D eigenvalue weighted by molar-refractivity contribution is -0.385. The summed E-state index contributed by atoms with van der Waals surface area (Å²) in [5, 5.41) is 24.3. The van der Waals surface area contributed by atoms with Crippen molar-refractivity contribution in [1.29, 1.82) is 0 Å². The van der Waals surface area contributed by atoms with Crippen LogP contribution in [0.1, 0.15) is 24.2 Å². The average molecular weight is 279 g/mol. The minimum Gasteiger partial charge on any atom is -0.488 e. The van der Waals surface area contributed by atoms with Crippen molar-refractivity contribution in [2.45, 2.75) is 19.6 Å². The van der Waals surface area contributed by atoms with Crippen LogP contribution in [0.2, 0.25) is 0 Å². The molecular weight excluding hydrogens is 266 g/mol. The van der Waals surface area contributed by atoms with E-state index >= 15 is 0 Å². The number of benzene rings is 1. The third kappa shape index (κ3) is 3.30. The average Bonchev–Trinajstić information content (AvgIpc) is 2.89. The van der Waals surface area contributed by atoms with Crippen LogP contribution in [0.15, 0.2) is 35.0 Å². The summed E-state index contributed by atoms with van der Waals surface area (Å²) in [7, 11) is 0. The highest BCUT2D eigenvalue weighted by Crippen LogP contribution is 2.30. The fraction of sp³-hybridized carbons (Fsp3) is 0.231. The second kappa shape index (κ2) is 5.81. The number of hydrogen-bond acceptors (Lipinski definition) is 5. The molecule has 1 atom stereocenters. The van der Waals surface area contributed by atoms with Crippen molar-refractivity contribution < 1.29 is 14.8 Å². The van der Waals surface area contributed by atoms with Gasteiger partial charge in [0.25, 0.3) is 5.69 Å². The Kier molecular flexibility index (Phi) is 4.13. The van der Waals surface area contributed by atoms with Gasteiger partial charge in [0.05, 0.1) is 11.0 Å². The Morgan fingerprint density at radius 3 is 2.84 bits per heavy atom. The predicted octanol–water partition coefficient (Wildman–Crippen LogP) is 3.29. The fourth-order valence-electron chi connectivity index (χ4n) is 1.64. The molecule has 5 nitrogen and oxygen atoms in total. The summed E-state index contributed by atoms with van der Waals surface area (Å²) in [6.07, 6.45) is -0.822. The molecule has 0 unspecified atom stereocenters. The van der Waals surface area contributed by atoms with Gasteiger partial charge in [0.1, 0.15) is 12.4 Å². The molecule has 0 radical (unpaired) electrons. The van der Waals surface area contributed by atoms with E-state index in [0.717, 1.165) is 5.56 Å². The van der Waals surface area contributed by atoms with Crippen LogP contribution in [0.4, 0.5) is 5.69 Å². The smallest absolute Gasteiger partial charge is 0.270 e. The summed E-state index contributed by atoms with van der Waals surface area (Å²) in [4.78, 5) is 10.2. The monoisotopic (exact) mass is 279 g/mol. The minimum atomic E-state index is -0.822. The number of nitro benzene ring substituents is 1. The first-order chi connectivity index (χ1) is 9.08. The van der Waals surface area contributed by atoms with Crippen molar-refractivity contribution in [2.24, 2.45) is 0 Å². The lowest BCUT2D eigenvalue weighted by atomic mass is 10.1. The molecule has 0 aliphatic rings. The lowest BCUT2D eigenvalue weighted by Gasteiger charge is -2.12. The molecule has 0 aliphatic heterocycles. The van der Waals surface area contributed by atoms with Crippen molar-refractivity contribution in [3.63, 3.8) is 0 Å². The standard InChI is InChI=1S/C13H13NO4S/c1-9(15)12-6-11(14(16)17)2-3-13(12)18-7-10-4-5-19-8-10/h2-6,8-9,15H,7H2,1H3/t9-/m1/s1. The third-order valence-corrected chi connectivity index (χ3v) is 3.36. The Morgan fingerprint density at radius 1 is 1.47 bits per heavy atom. The van der Waals surface area contributed by atoms with Crippen molar-refractivity contribution in [2.75, 3.05) is 0 Å². The molecule has 1 heterocycles. The summed E-state index contributed by atoms with van der Waals surface area (Å²) in [6.45, 7) is 1.93. The largest absolute Gasteiger partial charge is 0.488 e. The minimum absolute atomic E-state index is 0.0567. The molecule has 2 rings (SSSR count). The van der Waals surface area contributed by atoms with Crippen molar-refractivity contribution in [1.82, 2.24) is 0 Å². The molecule has 0 bridgehead atoms. The zero-order valence-corrected chi connectivity index (χ0v) is 11.1. The molecule has 0 fully saturated rings. The van der Waals surface area contributed by atoms with Crippen LogP contribution in [0.25, 0.3) is 0 Å². The van der Waals surface area contributed by atoms with Crippen LogP contribution in [0.3, 0.4) is 0 Å². The number of thiophene rings is 1. The van der Waals surface area contributed by atoms with Gasteiger partial charge < -0.3 is 9.84 Å². The lowest BCUT2D eigenvalue weighted by Crippen LogP contribution is -2.01. The van der Waals surface area contributed by atoms with Gasteiger partial charge in [-0.2, -0.15) is 11.3 Å². The quantitative estimate of drug-likeness (QED) is 0.673. The molecule has 0 amide bonds. The van der Waals surface area contributed by atoms with Gasteiger partial charge in [0, 0.05) is 17.7 Å². The van der Waals surface area contributed by atoms with Gasteiger partial charge in [0.15, 0.2) is 0 Å². The van der Waals surface area contributed by atoms with E-state index < -0.39 is 11.0 Å². The molecule has 19 heavy (non-hydrogen) atoms. The number of aliphatic hydroxyl groups excluding tert-OH is 1. The van der Waals surface area contributed by atoms with Gasteiger partial charge in [-0.05, 0) is 35.4 Å². The van der Waals surface area contributed by atoms with Crippen LogP contribution in [-0.4, -0.2) is 10.0 Å². The highest BCUT2D eigenvalue weighted by atomic mass is 32.1. The third-order valence-electron chi connectivity index (χ3n) is 2.63. The van der Waals surface area contributed by atoms with Crippen LogP contribution in [-0.2, 0) is 6.61 Å². The Bertz CT molecular complexity index is 566. The topological polar surface area (TPSA) is 72.6 Å². The number of non-ortho nitro benzene ring substituents is 1. The van der Waals surface area contributed by atoms with Crippen LogP contribution in [0, 0.1) is 10.1 Å². The first-order valence-corrected chi connectivity index (χ1v) is 6.62. The molecule has 6 heteroatoms. The summed E-state index contributed by atoms with van der Waals surface area (Å²) in [5.74, 6) is 0.465. The Morgan fingerprint density at radius 2 is 2.26 bits per heavy atom. The van der Waals surface area contributed by atoms with E-state index in [4.69, 9.17) is 4.74 Å². The molecule has 100 valence electrons. The maximum Gasteiger partial charge on any atom is 0.270 e. The van der Waals surface area contributed by atoms with E-state index in [-0.39, 0.29) is 5.69 Å². The maximum absolute atomic E-state index is 10.7. The van der Waals surface area contributed by atoms with Crippen molar-refractivity contribution in [3.05, 3.63) is 56.3 Å². The van der Waals surface area contributed by atoms with E-state index in [1.165, 1.54) is 18.2 Å². The van der Waals surface area contributed by atoms with Crippen molar-refractivity contribution in [3.8, 4) is 5.75 Å². The summed E-state index contributed by atoms with van der Waals surface area (Å²) in [6, 6.07) is 6.17. The number of nitro groups is 1. The number of rotatable bonds is 5. The Hall–Kier alpha value is -1.92. The SMILES string of the molecule is C[C@@H](O)c1cc([N+](=O)[O-])ccc1OCc1ccsc1. The van der Waals surface area contributed by atoms with Crippen LogP contribution in [0.5, 0.6) is 5.75 Å². The summed E-state index contributed by atoms with van der Waals surface area (Å²) >= 11 is 1.57. The molecule has 1 aromatic heterocycles. The van der Waals surface area contributed by atoms with Gasteiger partial charge in [0.2, 0.25) is 0 Å². The highest BCUT2D eigenvalue weighted by Gasteiger charge is 2.15. The van der Waals surface area contributed by atoms with Crippen LogP contribution >= 0.6 is 11.3 Å². The molecule has 2 aromatic rings. The van der Waals surface area contributed by atoms with Crippen molar-refractivity contribution >= 4 is 17.0 Å². The van der Waals surface area contributed by atoms with Gasteiger partial charge in [-0.3, -0.25) is 10.1 Å². The molecule has 0 aliphatic carbocycles. The summed E-state index contributed by atoms with van der Waals surface area (Å²) < 4.78 is 5.60. The van der Waals surface area contributed by atoms with Gasteiger partial charge >= 0.3 is 0 Å². The zero-order chi connectivity index (χ0) is 13.8. The normalized spacial score (nSPS) is 12.1. The zero-order valence-electron chi connectivity index (χ0n) is 10.3. The van der Waals surface area contributed by atoms with E-state index in [2.05, 4.69) is 0 Å². The second-order valence-corrected chi connectivity index (χ2v) is 4.86. The Balaban J connectivity index is 2.21. The summed E-state index contributed by atoms with van der Waals surface area (Å²) in [5.41, 5.74) is 1.39. The van der Waals surface area contributed by atoms with E-state index in [1.54, 1.807) is 18.3 Å². The predicted molar refractivity (Wildman–Crippen MR) is 72.4 cm³/mol. The molecule has 1 N–H and O–H groups in total. The van der Waals surface area contributed by atoms with Gasteiger partial charge in [-0.15, -0.1) is 0 Å². The van der Waals surface area contributed by atoms with E-state index in [9.17, 15) is 15.2 Å². The molecular formula is C13H13NO4S. The van der Waals surface area contributed by atoms with Crippen LogP contribution < -0.4 is 4.74 Å². The second-order valence-electron chi connectivity index (χ2n) is 4.08. The molecule has 0 saturated heterocycles. The van der Waals surface area contributed by atoms with E-state index in [1.807, 2.05) is 16.8 Å². The fourth-order valence-corrected chi connectivity index (χ4v) is 2.30. The molecule has 1 aromatic carbocycles. The first kappa shape index (κ1) is 13.5. The number of ether oxygens (including phenoxy) is 1. The number of hydrogen-bond donors (Lipinski definition) is 1. The number of aliphatic hydroxyl groups is 1. The Labute approximate surface area is 114 Å².